The van der Waals surface area contributed by atoms with Gasteiger partial charge in [0.1, 0.15) is 18.1 Å². The number of carbonyl (C=O) groups is 2. The number of carbonyl (C=O) groups excluding carboxylic acids is 1. The second kappa shape index (κ2) is 5.81. The average molecular weight is 266 g/mol. The van der Waals surface area contributed by atoms with E-state index in [1.807, 2.05) is 0 Å². The number of aromatic nitrogens is 3. The van der Waals surface area contributed by atoms with Crippen LogP contribution in [0.5, 0.6) is 0 Å². The van der Waals surface area contributed by atoms with E-state index in [4.69, 9.17) is 0 Å². The highest BCUT2D eigenvalue weighted by atomic mass is 16.4. The first-order valence-corrected chi connectivity index (χ1v) is 6.48. The van der Waals surface area contributed by atoms with Crippen LogP contribution >= 0.6 is 0 Å². The van der Waals surface area contributed by atoms with Crippen LogP contribution in [0, 0.1) is 11.8 Å². The average Bonchev–Trinajstić information content (AvgIpc) is 3.01. The van der Waals surface area contributed by atoms with Crippen LogP contribution in [0.4, 0.5) is 0 Å². The van der Waals surface area contributed by atoms with Crippen LogP contribution in [0.3, 0.4) is 0 Å². The fourth-order valence-corrected chi connectivity index (χ4v) is 2.61. The molecule has 2 unspecified atom stereocenters. The predicted octanol–water partition coefficient (Wildman–Crippen LogP) is 0.873. The van der Waals surface area contributed by atoms with Gasteiger partial charge in [0.15, 0.2) is 0 Å². The Kier molecular flexibility index (Phi) is 4.13. The summed E-state index contributed by atoms with van der Waals surface area (Å²) in [6, 6.07) is -0.377. The number of nitrogens with zero attached hydrogens (tertiary/aromatic N) is 2. The quantitative estimate of drug-likeness (QED) is 0.685. The number of carboxylic acid groups (broad SMARTS) is 1. The minimum atomic E-state index is -1.05. The molecule has 1 aliphatic rings. The van der Waals surface area contributed by atoms with E-state index >= 15 is 0 Å². The summed E-state index contributed by atoms with van der Waals surface area (Å²) < 4.78 is 0. The Hall–Kier alpha value is -1.92. The Balaban J connectivity index is 2.01. The van der Waals surface area contributed by atoms with Crippen LogP contribution in [0.2, 0.25) is 0 Å². The normalized spacial score (nSPS) is 19.0. The van der Waals surface area contributed by atoms with Gasteiger partial charge >= 0.3 is 5.97 Å². The molecule has 7 heteroatoms. The number of amides is 1. The number of aliphatic carboxylic acids is 1. The highest BCUT2D eigenvalue weighted by molar-refractivity contribution is 5.97. The maximum atomic E-state index is 12.1. The van der Waals surface area contributed by atoms with Gasteiger partial charge in [0.25, 0.3) is 0 Å². The molecule has 1 heterocycles. The standard InChI is InChI=1S/C12H18N4O3/c1-7(10-13-6-14-16-10)15-11(17)9(12(18)19)8-4-2-3-5-8/h6-9H,2-5H2,1H3,(H,15,17)(H,18,19)(H,13,14,16). The van der Waals surface area contributed by atoms with Gasteiger partial charge < -0.3 is 10.4 Å². The third kappa shape index (κ3) is 3.10. The molecule has 0 aliphatic heterocycles. The van der Waals surface area contributed by atoms with E-state index in [-0.39, 0.29) is 12.0 Å². The van der Waals surface area contributed by atoms with Gasteiger partial charge in [-0.05, 0) is 25.7 Å². The van der Waals surface area contributed by atoms with Crippen LogP contribution < -0.4 is 5.32 Å². The second-order valence-electron chi connectivity index (χ2n) is 4.96. The zero-order chi connectivity index (χ0) is 13.8. The Labute approximate surface area is 110 Å². The molecule has 0 spiro atoms. The summed E-state index contributed by atoms with van der Waals surface area (Å²) in [7, 11) is 0. The molecular formula is C12H18N4O3. The molecule has 2 atom stereocenters. The molecule has 1 aromatic rings. The zero-order valence-electron chi connectivity index (χ0n) is 10.8. The van der Waals surface area contributed by atoms with Gasteiger partial charge in [-0.15, -0.1) is 0 Å². The lowest BCUT2D eigenvalue weighted by atomic mass is 9.90. The fourth-order valence-electron chi connectivity index (χ4n) is 2.61. The number of nitrogens with one attached hydrogen (secondary N) is 2. The molecule has 3 N–H and O–H groups in total. The van der Waals surface area contributed by atoms with Crippen LogP contribution in [0.25, 0.3) is 0 Å². The molecule has 1 amide bonds. The van der Waals surface area contributed by atoms with E-state index in [2.05, 4.69) is 20.5 Å². The summed E-state index contributed by atoms with van der Waals surface area (Å²) in [4.78, 5) is 27.4. The van der Waals surface area contributed by atoms with Gasteiger partial charge in [-0.25, -0.2) is 4.98 Å². The summed E-state index contributed by atoms with van der Waals surface area (Å²) in [6.07, 6.45) is 4.96. The van der Waals surface area contributed by atoms with Crippen molar-refractivity contribution in [3.63, 3.8) is 0 Å². The molecule has 104 valence electrons. The fraction of sp³-hybridized carbons (Fsp3) is 0.667. The summed E-state index contributed by atoms with van der Waals surface area (Å²) in [5.41, 5.74) is 0. The summed E-state index contributed by atoms with van der Waals surface area (Å²) in [5, 5.41) is 18.3. The lowest BCUT2D eigenvalue weighted by Gasteiger charge is -2.20. The number of carboxylic acids is 1. The highest BCUT2D eigenvalue weighted by Gasteiger charge is 2.36. The molecule has 0 bridgehead atoms. The van der Waals surface area contributed by atoms with Crippen molar-refractivity contribution in [2.75, 3.05) is 0 Å². The van der Waals surface area contributed by atoms with Crippen molar-refractivity contribution in [3.05, 3.63) is 12.2 Å². The number of H-pyrrole nitrogens is 1. The maximum Gasteiger partial charge on any atom is 0.316 e. The predicted molar refractivity (Wildman–Crippen MR) is 66.0 cm³/mol. The Morgan fingerprint density at radius 1 is 1.47 bits per heavy atom. The number of hydrogen-bond donors (Lipinski definition) is 3. The molecule has 2 rings (SSSR count). The van der Waals surface area contributed by atoms with Crippen LogP contribution in [-0.2, 0) is 9.59 Å². The van der Waals surface area contributed by atoms with E-state index < -0.39 is 17.8 Å². The molecule has 1 aromatic heterocycles. The lowest BCUT2D eigenvalue weighted by molar-refractivity contribution is -0.149. The van der Waals surface area contributed by atoms with E-state index in [0.717, 1.165) is 25.7 Å². The summed E-state index contributed by atoms with van der Waals surface area (Å²) >= 11 is 0. The molecule has 1 aliphatic carbocycles. The van der Waals surface area contributed by atoms with Crippen LogP contribution in [-0.4, -0.2) is 32.2 Å². The first-order valence-electron chi connectivity index (χ1n) is 6.48. The molecule has 1 saturated carbocycles. The van der Waals surface area contributed by atoms with Crippen LogP contribution in [0.1, 0.15) is 44.5 Å². The van der Waals surface area contributed by atoms with E-state index in [9.17, 15) is 14.7 Å². The largest absolute Gasteiger partial charge is 0.481 e. The Morgan fingerprint density at radius 2 is 2.16 bits per heavy atom. The van der Waals surface area contributed by atoms with Crippen molar-refractivity contribution in [3.8, 4) is 0 Å². The number of hydrogen-bond acceptors (Lipinski definition) is 4. The first kappa shape index (κ1) is 13.5. The molecule has 1 fully saturated rings. The molecule has 19 heavy (non-hydrogen) atoms. The van der Waals surface area contributed by atoms with Crippen molar-refractivity contribution >= 4 is 11.9 Å². The molecular weight excluding hydrogens is 248 g/mol. The third-order valence-electron chi connectivity index (χ3n) is 3.62. The molecule has 0 radical (unpaired) electrons. The van der Waals surface area contributed by atoms with E-state index in [1.165, 1.54) is 6.33 Å². The molecule has 0 aromatic carbocycles. The van der Waals surface area contributed by atoms with Gasteiger partial charge in [0, 0.05) is 0 Å². The maximum absolute atomic E-state index is 12.1. The topological polar surface area (TPSA) is 108 Å². The first-order chi connectivity index (χ1) is 9.09. The van der Waals surface area contributed by atoms with Crippen molar-refractivity contribution < 1.29 is 14.7 Å². The molecule has 7 nitrogen and oxygen atoms in total. The Bertz CT molecular complexity index is 440. The monoisotopic (exact) mass is 266 g/mol. The minimum Gasteiger partial charge on any atom is -0.481 e. The van der Waals surface area contributed by atoms with Crippen molar-refractivity contribution in [2.45, 2.75) is 38.6 Å². The van der Waals surface area contributed by atoms with Gasteiger partial charge in [0.2, 0.25) is 5.91 Å². The van der Waals surface area contributed by atoms with E-state index in [1.54, 1.807) is 6.92 Å². The van der Waals surface area contributed by atoms with Crippen molar-refractivity contribution in [2.24, 2.45) is 11.8 Å². The second-order valence-corrected chi connectivity index (χ2v) is 4.96. The number of rotatable bonds is 5. The van der Waals surface area contributed by atoms with Gasteiger partial charge in [-0.3, -0.25) is 14.7 Å². The van der Waals surface area contributed by atoms with E-state index in [0.29, 0.717) is 5.82 Å². The van der Waals surface area contributed by atoms with Crippen molar-refractivity contribution in [1.82, 2.24) is 20.5 Å². The number of aromatic amines is 1. The minimum absolute atomic E-state index is 0.0561. The SMILES string of the molecule is CC(NC(=O)C(C(=O)O)C1CCCC1)c1ncn[nH]1. The van der Waals surface area contributed by atoms with Crippen LogP contribution in [0.15, 0.2) is 6.33 Å². The van der Waals surface area contributed by atoms with Gasteiger partial charge in [-0.2, -0.15) is 5.10 Å². The summed E-state index contributed by atoms with van der Waals surface area (Å²) in [5.74, 6) is -1.99. The highest BCUT2D eigenvalue weighted by Crippen LogP contribution is 2.32. The third-order valence-corrected chi connectivity index (χ3v) is 3.62. The summed E-state index contributed by atoms with van der Waals surface area (Å²) in [6.45, 7) is 1.74. The zero-order valence-corrected chi connectivity index (χ0v) is 10.8. The Morgan fingerprint density at radius 3 is 2.68 bits per heavy atom. The lowest BCUT2D eigenvalue weighted by Crippen LogP contribution is -2.40. The van der Waals surface area contributed by atoms with Crippen molar-refractivity contribution in [1.29, 1.82) is 0 Å². The van der Waals surface area contributed by atoms with Gasteiger partial charge in [0.05, 0.1) is 6.04 Å². The smallest absolute Gasteiger partial charge is 0.316 e. The molecule has 0 saturated heterocycles. The van der Waals surface area contributed by atoms with Gasteiger partial charge in [-0.1, -0.05) is 12.8 Å².